The molecule has 92 valence electrons. The second kappa shape index (κ2) is 7.05. The fourth-order valence-corrected chi connectivity index (χ4v) is 1.47. The molecule has 1 aromatic carbocycles. The summed E-state index contributed by atoms with van der Waals surface area (Å²) in [5.74, 6) is 7.58. The lowest BCUT2D eigenvalue weighted by Crippen LogP contribution is -1.96. The molecule has 0 heterocycles. The summed E-state index contributed by atoms with van der Waals surface area (Å²) in [5, 5.41) is 9.12. The van der Waals surface area contributed by atoms with Crippen LogP contribution in [0.4, 0.5) is 0 Å². The van der Waals surface area contributed by atoms with Gasteiger partial charge in [-0.2, -0.15) is 0 Å². The minimum atomic E-state index is -0.0674. The van der Waals surface area contributed by atoms with Gasteiger partial charge in [0.25, 0.3) is 0 Å². The van der Waals surface area contributed by atoms with Crippen LogP contribution < -0.4 is 9.47 Å². The average Bonchev–Trinajstić information content (AvgIpc) is 2.38. The lowest BCUT2D eigenvalue weighted by molar-refractivity contribution is 0.280. The van der Waals surface area contributed by atoms with Crippen molar-refractivity contribution in [1.82, 2.24) is 0 Å². The highest BCUT2D eigenvalue weighted by molar-refractivity contribution is 6.18. The van der Waals surface area contributed by atoms with Crippen molar-refractivity contribution in [2.75, 3.05) is 20.1 Å². The summed E-state index contributed by atoms with van der Waals surface area (Å²) >= 11 is 5.56. The van der Waals surface area contributed by atoms with Crippen molar-refractivity contribution in [3.63, 3.8) is 0 Å². The number of hydrogen-bond acceptors (Lipinski definition) is 3. The maximum Gasteiger partial charge on any atom is 0.138 e. The molecule has 0 bridgehead atoms. The average molecular weight is 255 g/mol. The molecular formula is C13H15ClO3. The van der Waals surface area contributed by atoms with Crippen molar-refractivity contribution < 1.29 is 14.6 Å². The Balaban J connectivity index is 3.21. The van der Waals surface area contributed by atoms with Gasteiger partial charge in [0.15, 0.2) is 0 Å². The van der Waals surface area contributed by atoms with Gasteiger partial charge in [-0.1, -0.05) is 11.8 Å². The van der Waals surface area contributed by atoms with Gasteiger partial charge in [-0.3, -0.25) is 0 Å². The van der Waals surface area contributed by atoms with Gasteiger partial charge in [0, 0.05) is 12.3 Å². The van der Waals surface area contributed by atoms with Crippen molar-refractivity contribution in [2.24, 2.45) is 0 Å². The molecule has 4 heteroatoms. The molecule has 1 aromatic rings. The quantitative estimate of drug-likeness (QED) is 0.661. The Morgan fingerprint density at radius 2 is 1.82 bits per heavy atom. The van der Waals surface area contributed by atoms with Crippen LogP contribution in [-0.2, 0) is 6.61 Å². The highest BCUT2D eigenvalue weighted by Gasteiger charge is 2.10. The highest BCUT2D eigenvalue weighted by atomic mass is 35.5. The summed E-state index contributed by atoms with van der Waals surface area (Å²) in [6.07, 6.45) is 0.607. The summed E-state index contributed by atoms with van der Waals surface area (Å²) < 4.78 is 10.5. The van der Waals surface area contributed by atoms with E-state index in [4.69, 9.17) is 26.2 Å². The Hall–Kier alpha value is -1.37. The number of methoxy groups -OCH3 is 2. The molecule has 0 saturated carbocycles. The van der Waals surface area contributed by atoms with Crippen molar-refractivity contribution in [1.29, 1.82) is 0 Å². The molecule has 0 saturated heterocycles. The lowest BCUT2D eigenvalue weighted by Gasteiger charge is -2.10. The molecular weight excluding hydrogens is 240 g/mol. The maximum atomic E-state index is 9.12. The molecule has 0 radical (unpaired) electrons. The van der Waals surface area contributed by atoms with E-state index in [2.05, 4.69) is 11.8 Å². The highest BCUT2D eigenvalue weighted by Crippen LogP contribution is 2.29. The van der Waals surface area contributed by atoms with E-state index in [1.165, 1.54) is 0 Å². The molecule has 0 amide bonds. The maximum absolute atomic E-state index is 9.12. The largest absolute Gasteiger partial charge is 0.495 e. The molecule has 0 aromatic heterocycles. The number of halogens is 1. The number of ether oxygens (including phenoxy) is 2. The summed E-state index contributed by atoms with van der Waals surface area (Å²) in [6.45, 7) is -0.0674. The Morgan fingerprint density at radius 3 is 2.24 bits per heavy atom. The van der Waals surface area contributed by atoms with Crippen molar-refractivity contribution in [2.45, 2.75) is 13.0 Å². The Bertz CT molecular complexity index is 407. The van der Waals surface area contributed by atoms with Crippen LogP contribution in [0.25, 0.3) is 0 Å². The monoisotopic (exact) mass is 254 g/mol. The minimum Gasteiger partial charge on any atom is -0.495 e. The zero-order chi connectivity index (χ0) is 12.7. The predicted octanol–water partition coefficient (Wildman–Crippen LogP) is 2.18. The van der Waals surface area contributed by atoms with E-state index in [0.717, 1.165) is 5.56 Å². The van der Waals surface area contributed by atoms with E-state index >= 15 is 0 Å². The Labute approximate surface area is 106 Å². The van der Waals surface area contributed by atoms with Crippen molar-refractivity contribution in [3.8, 4) is 23.3 Å². The van der Waals surface area contributed by atoms with E-state index in [0.29, 0.717) is 29.4 Å². The lowest BCUT2D eigenvalue weighted by atomic mass is 10.1. The van der Waals surface area contributed by atoms with E-state index in [9.17, 15) is 0 Å². The third kappa shape index (κ3) is 3.55. The first-order chi connectivity index (χ1) is 8.26. The van der Waals surface area contributed by atoms with E-state index in [1.807, 2.05) is 0 Å². The smallest absolute Gasteiger partial charge is 0.138 e. The van der Waals surface area contributed by atoms with Gasteiger partial charge in [0.05, 0.1) is 20.8 Å². The Kier molecular flexibility index (Phi) is 5.68. The van der Waals surface area contributed by atoms with Gasteiger partial charge in [-0.15, -0.1) is 11.6 Å². The second-order valence-corrected chi connectivity index (χ2v) is 3.65. The minimum absolute atomic E-state index is 0.0674. The number of rotatable bonds is 4. The van der Waals surface area contributed by atoms with Crippen LogP contribution in [-0.4, -0.2) is 25.2 Å². The van der Waals surface area contributed by atoms with Crippen LogP contribution in [0.3, 0.4) is 0 Å². The van der Waals surface area contributed by atoms with Crippen LogP contribution >= 0.6 is 11.6 Å². The molecule has 0 aliphatic rings. The molecule has 0 atom stereocenters. The molecule has 17 heavy (non-hydrogen) atoms. The van der Waals surface area contributed by atoms with Gasteiger partial charge >= 0.3 is 0 Å². The first-order valence-corrected chi connectivity index (χ1v) is 5.70. The standard InChI is InChI=1S/C13H15ClO3/c1-16-12-7-10(9-15)8-13(17-2)11(12)5-3-4-6-14/h7-8,15H,4,6,9H2,1-2H3. The first-order valence-electron chi connectivity index (χ1n) is 5.17. The normalized spacial score (nSPS) is 9.41. The third-order valence-electron chi connectivity index (χ3n) is 2.18. The van der Waals surface area contributed by atoms with Gasteiger partial charge < -0.3 is 14.6 Å². The molecule has 0 aliphatic carbocycles. The van der Waals surface area contributed by atoms with E-state index < -0.39 is 0 Å². The van der Waals surface area contributed by atoms with Crippen LogP contribution in [0.2, 0.25) is 0 Å². The Morgan fingerprint density at radius 1 is 1.24 bits per heavy atom. The zero-order valence-electron chi connectivity index (χ0n) is 9.92. The molecule has 1 rings (SSSR count). The van der Waals surface area contributed by atoms with Crippen LogP contribution in [0.15, 0.2) is 12.1 Å². The van der Waals surface area contributed by atoms with Crippen molar-refractivity contribution in [3.05, 3.63) is 23.3 Å². The van der Waals surface area contributed by atoms with Crippen LogP contribution in [0.1, 0.15) is 17.5 Å². The summed E-state index contributed by atoms with van der Waals surface area (Å²) in [5.41, 5.74) is 1.40. The molecule has 0 fully saturated rings. The van der Waals surface area contributed by atoms with E-state index in [-0.39, 0.29) is 6.61 Å². The summed E-state index contributed by atoms with van der Waals surface area (Å²) in [7, 11) is 3.12. The third-order valence-corrected chi connectivity index (χ3v) is 2.37. The molecule has 1 N–H and O–H groups in total. The second-order valence-electron chi connectivity index (χ2n) is 3.27. The fourth-order valence-electron chi connectivity index (χ4n) is 1.38. The topological polar surface area (TPSA) is 38.7 Å². The fraction of sp³-hybridized carbons (Fsp3) is 0.385. The number of alkyl halides is 1. The summed E-state index contributed by atoms with van der Waals surface area (Å²) in [6, 6.07) is 3.49. The SMILES string of the molecule is COc1cc(CO)cc(OC)c1C#CCCCl. The van der Waals surface area contributed by atoms with Crippen LogP contribution in [0, 0.1) is 11.8 Å². The predicted molar refractivity (Wildman–Crippen MR) is 67.7 cm³/mol. The number of benzene rings is 1. The van der Waals surface area contributed by atoms with Crippen LogP contribution in [0.5, 0.6) is 11.5 Å². The van der Waals surface area contributed by atoms with Gasteiger partial charge in [-0.25, -0.2) is 0 Å². The van der Waals surface area contributed by atoms with Gasteiger partial charge in [0.2, 0.25) is 0 Å². The van der Waals surface area contributed by atoms with E-state index in [1.54, 1.807) is 26.4 Å². The number of hydrogen-bond donors (Lipinski definition) is 1. The van der Waals surface area contributed by atoms with Gasteiger partial charge in [0.1, 0.15) is 17.1 Å². The molecule has 3 nitrogen and oxygen atoms in total. The molecule has 0 unspecified atom stereocenters. The first kappa shape index (κ1) is 13.7. The summed E-state index contributed by atoms with van der Waals surface area (Å²) in [4.78, 5) is 0. The molecule has 0 aliphatic heterocycles. The van der Waals surface area contributed by atoms with Crippen molar-refractivity contribution >= 4 is 11.6 Å². The molecule has 0 spiro atoms. The number of aliphatic hydroxyl groups excluding tert-OH is 1. The number of aliphatic hydroxyl groups is 1. The van der Waals surface area contributed by atoms with Gasteiger partial charge in [-0.05, 0) is 17.7 Å². The zero-order valence-corrected chi connectivity index (χ0v) is 10.7.